The highest BCUT2D eigenvalue weighted by atomic mass is 16.5. The Morgan fingerprint density at radius 3 is 2.47 bits per heavy atom. The largest absolute Gasteiger partial charge is 0.375 e. The minimum absolute atomic E-state index is 0.175. The van der Waals surface area contributed by atoms with Crippen LogP contribution in [0, 0.1) is 0 Å². The molecule has 1 heterocycles. The second-order valence-electron chi connectivity index (χ2n) is 4.01. The first kappa shape index (κ1) is 11.8. The van der Waals surface area contributed by atoms with Crippen LogP contribution in [0.2, 0.25) is 0 Å². The first-order valence-electron chi connectivity index (χ1n) is 5.55. The molecule has 0 radical (unpaired) electrons. The molecule has 2 unspecified atom stereocenters. The highest BCUT2D eigenvalue weighted by Gasteiger charge is 2.22. The van der Waals surface area contributed by atoms with Crippen LogP contribution in [-0.2, 0) is 11.8 Å². The number of methoxy groups -OCH3 is 1. The van der Waals surface area contributed by atoms with Crippen molar-refractivity contribution in [1.82, 2.24) is 9.78 Å². The maximum absolute atomic E-state index is 6.19. The van der Waals surface area contributed by atoms with Gasteiger partial charge >= 0.3 is 0 Å². The quantitative estimate of drug-likeness (QED) is 0.873. The highest BCUT2D eigenvalue weighted by Crippen LogP contribution is 2.28. The number of nitrogens with zero attached hydrogens (tertiary/aromatic N) is 2. The molecular formula is C13H17N3O. The van der Waals surface area contributed by atoms with Gasteiger partial charge in [-0.25, -0.2) is 0 Å². The standard InChI is InChI=1S/C13H17N3O/c1-16-9-8-11(15-16)12(14)13(17-2)10-6-4-3-5-7-10/h3-9,12-13H,14H2,1-2H3. The van der Waals surface area contributed by atoms with Crippen molar-refractivity contribution < 1.29 is 4.74 Å². The summed E-state index contributed by atoms with van der Waals surface area (Å²) in [6.45, 7) is 0. The lowest BCUT2D eigenvalue weighted by Gasteiger charge is -2.21. The summed E-state index contributed by atoms with van der Waals surface area (Å²) in [5.74, 6) is 0. The zero-order valence-electron chi connectivity index (χ0n) is 10.1. The molecule has 0 saturated carbocycles. The summed E-state index contributed by atoms with van der Waals surface area (Å²) in [5.41, 5.74) is 8.09. The van der Waals surface area contributed by atoms with E-state index in [0.717, 1.165) is 11.3 Å². The minimum Gasteiger partial charge on any atom is -0.375 e. The third-order valence-corrected chi connectivity index (χ3v) is 2.78. The molecule has 0 aliphatic heterocycles. The summed E-state index contributed by atoms with van der Waals surface area (Å²) in [6, 6.07) is 11.6. The number of ether oxygens (including phenoxy) is 1. The molecule has 0 amide bonds. The van der Waals surface area contributed by atoms with Gasteiger partial charge in [-0.3, -0.25) is 4.68 Å². The van der Waals surface area contributed by atoms with Gasteiger partial charge in [0.1, 0.15) is 6.10 Å². The number of rotatable bonds is 4. The molecule has 0 fully saturated rings. The Hall–Kier alpha value is -1.65. The van der Waals surface area contributed by atoms with E-state index >= 15 is 0 Å². The summed E-state index contributed by atoms with van der Waals surface area (Å²) < 4.78 is 7.23. The van der Waals surface area contributed by atoms with Gasteiger partial charge in [0.25, 0.3) is 0 Å². The fraction of sp³-hybridized carbons (Fsp3) is 0.308. The van der Waals surface area contributed by atoms with E-state index in [2.05, 4.69) is 5.10 Å². The Morgan fingerprint density at radius 1 is 1.24 bits per heavy atom. The van der Waals surface area contributed by atoms with Gasteiger partial charge in [0.2, 0.25) is 0 Å². The molecule has 2 aromatic rings. The van der Waals surface area contributed by atoms with Gasteiger partial charge in [-0.2, -0.15) is 5.10 Å². The van der Waals surface area contributed by atoms with Gasteiger partial charge in [0.05, 0.1) is 11.7 Å². The Labute approximate surface area is 101 Å². The minimum atomic E-state index is -0.261. The van der Waals surface area contributed by atoms with E-state index in [1.165, 1.54) is 0 Å². The van der Waals surface area contributed by atoms with Crippen LogP contribution in [0.3, 0.4) is 0 Å². The number of hydrogen-bond acceptors (Lipinski definition) is 3. The summed E-state index contributed by atoms with van der Waals surface area (Å²) in [4.78, 5) is 0. The van der Waals surface area contributed by atoms with E-state index in [9.17, 15) is 0 Å². The van der Waals surface area contributed by atoms with E-state index in [4.69, 9.17) is 10.5 Å². The van der Waals surface area contributed by atoms with E-state index in [-0.39, 0.29) is 12.1 Å². The molecule has 2 N–H and O–H groups in total. The normalized spacial score (nSPS) is 14.5. The zero-order valence-corrected chi connectivity index (χ0v) is 10.1. The average Bonchev–Trinajstić information content (AvgIpc) is 2.78. The Bertz CT molecular complexity index is 467. The van der Waals surface area contributed by atoms with Gasteiger partial charge in [-0.1, -0.05) is 30.3 Å². The van der Waals surface area contributed by atoms with Crippen LogP contribution in [-0.4, -0.2) is 16.9 Å². The van der Waals surface area contributed by atoms with Gasteiger partial charge in [0, 0.05) is 20.4 Å². The monoisotopic (exact) mass is 231 g/mol. The molecule has 0 aliphatic rings. The van der Waals surface area contributed by atoms with Gasteiger partial charge in [0.15, 0.2) is 0 Å². The molecule has 2 rings (SSSR count). The van der Waals surface area contributed by atoms with Crippen LogP contribution < -0.4 is 5.73 Å². The summed E-state index contributed by atoms with van der Waals surface area (Å²) >= 11 is 0. The topological polar surface area (TPSA) is 53.1 Å². The van der Waals surface area contributed by atoms with Crippen molar-refractivity contribution >= 4 is 0 Å². The van der Waals surface area contributed by atoms with E-state index < -0.39 is 0 Å². The van der Waals surface area contributed by atoms with Crippen molar-refractivity contribution in [3.05, 3.63) is 53.9 Å². The summed E-state index contributed by atoms with van der Waals surface area (Å²) in [5, 5.41) is 4.32. The predicted molar refractivity (Wildman–Crippen MR) is 66.3 cm³/mol. The summed E-state index contributed by atoms with van der Waals surface area (Å²) in [7, 11) is 3.54. The fourth-order valence-corrected chi connectivity index (χ4v) is 1.90. The summed E-state index contributed by atoms with van der Waals surface area (Å²) in [6.07, 6.45) is 1.71. The first-order chi connectivity index (χ1) is 8.22. The van der Waals surface area contributed by atoms with Crippen LogP contribution in [0.1, 0.15) is 23.4 Å². The lowest BCUT2D eigenvalue weighted by atomic mass is 10.0. The molecule has 0 spiro atoms. The maximum atomic E-state index is 6.19. The molecule has 2 atom stereocenters. The van der Waals surface area contributed by atoms with E-state index in [1.807, 2.05) is 49.6 Å². The predicted octanol–water partition coefficient (Wildman–Crippen LogP) is 1.81. The molecule has 1 aromatic heterocycles. The molecule has 4 heteroatoms. The molecule has 1 aromatic carbocycles. The molecule has 4 nitrogen and oxygen atoms in total. The molecule has 17 heavy (non-hydrogen) atoms. The smallest absolute Gasteiger partial charge is 0.103 e. The maximum Gasteiger partial charge on any atom is 0.103 e. The van der Waals surface area contributed by atoms with Crippen molar-refractivity contribution in [3.63, 3.8) is 0 Å². The average molecular weight is 231 g/mol. The first-order valence-corrected chi connectivity index (χ1v) is 5.55. The van der Waals surface area contributed by atoms with Gasteiger partial charge < -0.3 is 10.5 Å². The van der Waals surface area contributed by atoms with Crippen LogP contribution in [0.5, 0.6) is 0 Å². The zero-order chi connectivity index (χ0) is 12.3. The second kappa shape index (κ2) is 5.12. The lowest BCUT2D eigenvalue weighted by molar-refractivity contribution is 0.0788. The van der Waals surface area contributed by atoms with Crippen molar-refractivity contribution in [3.8, 4) is 0 Å². The molecule has 0 saturated heterocycles. The Kier molecular flexibility index (Phi) is 3.56. The van der Waals surface area contributed by atoms with Crippen LogP contribution in [0.15, 0.2) is 42.6 Å². The number of aryl methyl sites for hydroxylation is 1. The van der Waals surface area contributed by atoms with Gasteiger partial charge in [-0.15, -0.1) is 0 Å². The highest BCUT2D eigenvalue weighted by molar-refractivity contribution is 5.22. The molecule has 0 bridgehead atoms. The van der Waals surface area contributed by atoms with Crippen LogP contribution >= 0.6 is 0 Å². The second-order valence-corrected chi connectivity index (χ2v) is 4.01. The third kappa shape index (κ3) is 2.54. The molecule has 0 aliphatic carbocycles. The van der Waals surface area contributed by atoms with Crippen molar-refractivity contribution in [2.45, 2.75) is 12.1 Å². The number of nitrogens with two attached hydrogens (primary N) is 1. The van der Waals surface area contributed by atoms with Crippen molar-refractivity contribution in [2.75, 3.05) is 7.11 Å². The Morgan fingerprint density at radius 2 is 1.94 bits per heavy atom. The third-order valence-electron chi connectivity index (χ3n) is 2.78. The van der Waals surface area contributed by atoms with Crippen LogP contribution in [0.4, 0.5) is 0 Å². The van der Waals surface area contributed by atoms with Crippen molar-refractivity contribution in [2.24, 2.45) is 12.8 Å². The van der Waals surface area contributed by atoms with Crippen LogP contribution in [0.25, 0.3) is 0 Å². The van der Waals surface area contributed by atoms with Crippen molar-refractivity contribution in [1.29, 1.82) is 0 Å². The number of hydrogen-bond donors (Lipinski definition) is 1. The SMILES string of the molecule is COC(c1ccccc1)C(N)c1ccn(C)n1. The van der Waals surface area contributed by atoms with E-state index in [1.54, 1.807) is 11.8 Å². The fourth-order valence-electron chi connectivity index (χ4n) is 1.90. The number of aromatic nitrogens is 2. The van der Waals surface area contributed by atoms with E-state index in [0.29, 0.717) is 0 Å². The Balaban J connectivity index is 2.25. The lowest BCUT2D eigenvalue weighted by Crippen LogP contribution is -2.22. The van der Waals surface area contributed by atoms with Gasteiger partial charge in [-0.05, 0) is 11.6 Å². The number of benzene rings is 1. The molecular weight excluding hydrogens is 214 g/mol. The molecule has 90 valence electrons.